The van der Waals surface area contributed by atoms with Gasteiger partial charge in [-0.05, 0) is 12.8 Å². The van der Waals surface area contributed by atoms with Crippen molar-refractivity contribution < 1.29 is 18.5 Å². The van der Waals surface area contributed by atoms with Gasteiger partial charge >= 0.3 is 11.3 Å². The number of carbonyl (C=O) groups excluding carboxylic acids is 2. The third-order valence-electron chi connectivity index (χ3n) is 1.53. The fourth-order valence-corrected chi connectivity index (χ4v) is 2.43. The Kier molecular flexibility index (Phi) is 1.54. The average Bonchev–Trinajstić information content (AvgIpc) is 2.30. The van der Waals surface area contributed by atoms with Gasteiger partial charge in [0.05, 0.1) is 22.2 Å². The van der Waals surface area contributed by atoms with E-state index in [9.17, 15) is 9.59 Å². The van der Waals surface area contributed by atoms with Crippen LogP contribution in [-0.2, 0) is 13.7 Å². The summed E-state index contributed by atoms with van der Waals surface area (Å²) in [7, 11) is -0.954. The minimum absolute atomic E-state index is 0.488. The fraction of sp³-hybridized carbons (Fsp3) is 0.500. The first-order chi connectivity index (χ1) is 5.29. The predicted octanol–water partition coefficient (Wildman–Crippen LogP) is 0.830. The summed E-state index contributed by atoms with van der Waals surface area (Å²) < 4.78 is 9.46. The van der Waals surface area contributed by atoms with Crippen molar-refractivity contribution in [3.05, 3.63) is 0 Å². The molecule has 0 aromatic carbocycles. The SMILES string of the molecule is O=C1OC(=O)S2=C1CCCO2. The number of hydrogen-bond donors (Lipinski definition) is 0. The molecular weight excluding hydrogens is 168 g/mol. The van der Waals surface area contributed by atoms with Crippen molar-refractivity contribution in [3.63, 3.8) is 0 Å². The summed E-state index contributed by atoms with van der Waals surface area (Å²) >= 11 is 0. The zero-order valence-corrected chi connectivity index (χ0v) is 6.48. The number of esters is 1. The highest BCUT2D eigenvalue weighted by Crippen LogP contribution is 2.32. The summed E-state index contributed by atoms with van der Waals surface area (Å²) in [6.07, 6.45) is 1.45. The van der Waals surface area contributed by atoms with Gasteiger partial charge in [0.1, 0.15) is 0 Å². The molecule has 0 spiro atoms. The minimum Gasteiger partial charge on any atom is -0.380 e. The van der Waals surface area contributed by atoms with Gasteiger partial charge in [-0.3, -0.25) is 0 Å². The van der Waals surface area contributed by atoms with E-state index in [0.29, 0.717) is 17.9 Å². The lowest BCUT2D eigenvalue weighted by Gasteiger charge is -2.08. The summed E-state index contributed by atoms with van der Waals surface area (Å²) in [5.41, 5.74) is 0. The van der Waals surface area contributed by atoms with Gasteiger partial charge in [-0.15, -0.1) is 0 Å². The molecular formula is C6H6O4S. The Bertz CT molecular complexity index is 242. The third-order valence-corrected chi connectivity index (χ3v) is 3.14. The zero-order valence-electron chi connectivity index (χ0n) is 5.66. The average molecular weight is 174 g/mol. The molecule has 0 bridgehead atoms. The van der Waals surface area contributed by atoms with Gasteiger partial charge in [0.25, 0.3) is 0 Å². The van der Waals surface area contributed by atoms with Crippen LogP contribution in [0.4, 0.5) is 4.79 Å². The molecule has 0 aromatic heterocycles. The highest BCUT2D eigenvalue weighted by Gasteiger charge is 2.34. The Morgan fingerprint density at radius 2 is 2.18 bits per heavy atom. The topological polar surface area (TPSA) is 52.6 Å². The van der Waals surface area contributed by atoms with E-state index in [1.165, 1.54) is 0 Å². The molecule has 11 heavy (non-hydrogen) atoms. The van der Waals surface area contributed by atoms with Gasteiger partial charge < -0.3 is 8.92 Å². The number of ether oxygens (including phenoxy) is 1. The first kappa shape index (κ1) is 7.00. The lowest BCUT2D eigenvalue weighted by atomic mass is 10.2. The molecule has 2 aliphatic rings. The third kappa shape index (κ3) is 1.00. The molecule has 0 radical (unpaired) electrons. The van der Waals surface area contributed by atoms with E-state index in [-0.39, 0.29) is 0 Å². The maximum Gasteiger partial charge on any atom is 0.395 e. The molecule has 0 saturated carbocycles. The van der Waals surface area contributed by atoms with Crippen molar-refractivity contribution in [2.75, 3.05) is 6.61 Å². The second-order valence-electron chi connectivity index (χ2n) is 2.26. The molecule has 0 N–H and O–H groups in total. The molecule has 0 fully saturated rings. The van der Waals surface area contributed by atoms with Gasteiger partial charge in [0, 0.05) is 0 Å². The van der Waals surface area contributed by atoms with Crippen LogP contribution in [-0.4, -0.2) is 22.7 Å². The summed E-state index contributed by atoms with van der Waals surface area (Å²) in [6, 6.07) is 0. The molecule has 2 heterocycles. The molecule has 0 saturated heterocycles. The maximum absolute atomic E-state index is 10.9. The molecule has 60 valence electrons. The molecule has 0 amide bonds. The quantitative estimate of drug-likeness (QED) is 0.310. The van der Waals surface area contributed by atoms with Crippen molar-refractivity contribution in [1.29, 1.82) is 0 Å². The molecule has 0 aromatic rings. The molecule has 1 atom stereocenters. The van der Waals surface area contributed by atoms with Gasteiger partial charge in [0.2, 0.25) is 0 Å². The number of rotatable bonds is 0. The normalized spacial score (nSPS) is 30.2. The molecule has 5 heteroatoms. The minimum atomic E-state index is -0.954. The highest BCUT2D eigenvalue weighted by atomic mass is 32.2. The van der Waals surface area contributed by atoms with Gasteiger partial charge in [-0.2, -0.15) is 0 Å². The second-order valence-corrected chi connectivity index (χ2v) is 3.86. The molecule has 0 aliphatic carbocycles. The Balaban J connectivity index is 2.40. The lowest BCUT2D eigenvalue weighted by Crippen LogP contribution is -2.13. The smallest absolute Gasteiger partial charge is 0.380 e. The van der Waals surface area contributed by atoms with E-state index in [1.807, 2.05) is 0 Å². The van der Waals surface area contributed by atoms with Crippen LogP contribution >= 0.6 is 10.8 Å². The van der Waals surface area contributed by atoms with Gasteiger partial charge in [0.15, 0.2) is 0 Å². The molecule has 2 aliphatic heterocycles. The largest absolute Gasteiger partial charge is 0.395 e. The van der Waals surface area contributed by atoms with Crippen LogP contribution in [0.2, 0.25) is 0 Å². The van der Waals surface area contributed by atoms with Crippen molar-refractivity contribution in [1.82, 2.24) is 0 Å². The van der Waals surface area contributed by atoms with Crippen LogP contribution in [0.1, 0.15) is 12.8 Å². The predicted molar refractivity (Wildman–Crippen MR) is 39.3 cm³/mol. The van der Waals surface area contributed by atoms with E-state index < -0.39 is 22.0 Å². The van der Waals surface area contributed by atoms with Crippen LogP contribution in [0.3, 0.4) is 0 Å². The van der Waals surface area contributed by atoms with Gasteiger partial charge in [-0.25, -0.2) is 9.59 Å². The second kappa shape index (κ2) is 2.42. The molecule has 1 unspecified atom stereocenters. The van der Waals surface area contributed by atoms with Crippen molar-refractivity contribution in [2.24, 2.45) is 0 Å². The summed E-state index contributed by atoms with van der Waals surface area (Å²) in [5.74, 6) is -0.488. The van der Waals surface area contributed by atoms with E-state index >= 15 is 0 Å². The summed E-state index contributed by atoms with van der Waals surface area (Å²) in [4.78, 5) is 22.2. The van der Waals surface area contributed by atoms with E-state index in [0.717, 1.165) is 6.42 Å². The number of hydrogen-bond acceptors (Lipinski definition) is 4. The Hall–Kier alpha value is -0.680. The van der Waals surface area contributed by atoms with Gasteiger partial charge in [-0.1, -0.05) is 0 Å². The Morgan fingerprint density at radius 1 is 1.36 bits per heavy atom. The lowest BCUT2D eigenvalue weighted by molar-refractivity contribution is -0.128. The van der Waals surface area contributed by atoms with E-state index in [1.54, 1.807) is 0 Å². The monoisotopic (exact) mass is 174 g/mol. The maximum atomic E-state index is 10.9. The van der Waals surface area contributed by atoms with Crippen LogP contribution in [0.5, 0.6) is 0 Å². The van der Waals surface area contributed by atoms with Crippen LogP contribution in [0.25, 0.3) is 0 Å². The Labute approximate surface area is 65.6 Å². The molecule has 4 nitrogen and oxygen atoms in total. The van der Waals surface area contributed by atoms with Crippen molar-refractivity contribution in [3.8, 4) is 0 Å². The standard InChI is InChI=1S/C6H6O4S/c7-5-4-2-1-3-9-11(4)6(8)10-5/h1-3H2. The first-order valence-corrected chi connectivity index (χ1v) is 4.43. The van der Waals surface area contributed by atoms with Crippen LogP contribution < -0.4 is 0 Å². The highest BCUT2D eigenvalue weighted by molar-refractivity contribution is 8.26. The van der Waals surface area contributed by atoms with E-state index in [4.69, 9.17) is 4.18 Å². The Morgan fingerprint density at radius 3 is 2.91 bits per heavy atom. The van der Waals surface area contributed by atoms with Crippen molar-refractivity contribution in [2.45, 2.75) is 12.8 Å². The van der Waals surface area contributed by atoms with E-state index in [2.05, 4.69) is 4.74 Å². The number of carbonyl (C=O) groups is 2. The van der Waals surface area contributed by atoms with Crippen LogP contribution in [0.15, 0.2) is 0 Å². The number of cyclic esters (lactones) is 2. The zero-order chi connectivity index (χ0) is 7.84. The first-order valence-electron chi connectivity index (χ1n) is 3.28. The fourth-order valence-electron chi connectivity index (χ4n) is 1.04. The molecule has 2 rings (SSSR count). The van der Waals surface area contributed by atoms with Crippen LogP contribution in [0, 0.1) is 0 Å². The van der Waals surface area contributed by atoms with Crippen molar-refractivity contribution >= 4 is 26.9 Å². The summed E-state index contributed by atoms with van der Waals surface area (Å²) in [6.45, 7) is 0.551. The summed E-state index contributed by atoms with van der Waals surface area (Å²) in [5, 5.41) is -0.523.